The first-order chi connectivity index (χ1) is 10.5. The molecule has 4 nitrogen and oxygen atoms in total. The van der Waals surface area contributed by atoms with Gasteiger partial charge in [-0.05, 0) is 30.8 Å². The van der Waals surface area contributed by atoms with Gasteiger partial charge >= 0.3 is 6.18 Å². The highest BCUT2D eigenvalue weighted by molar-refractivity contribution is 5.97. The number of rotatable bonds is 4. The van der Waals surface area contributed by atoms with Crippen molar-refractivity contribution in [3.63, 3.8) is 0 Å². The van der Waals surface area contributed by atoms with E-state index in [0.717, 1.165) is 22.7 Å². The second kappa shape index (κ2) is 4.79. The summed E-state index contributed by atoms with van der Waals surface area (Å²) in [6.45, 7) is 0.126. The van der Waals surface area contributed by atoms with Gasteiger partial charge in [0.2, 0.25) is 0 Å². The zero-order valence-corrected chi connectivity index (χ0v) is 11.8. The molecule has 0 N–H and O–H groups in total. The highest BCUT2D eigenvalue weighted by Crippen LogP contribution is 2.38. The van der Waals surface area contributed by atoms with Gasteiger partial charge in [-0.3, -0.25) is 9.98 Å². The number of hydrogen-bond acceptors (Lipinski definition) is 4. The summed E-state index contributed by atoms with van der Waals surface area (Å²) in [5.41, 5.74) is 2.99. The number of allylic oxidation sites excluding steroid dienone is 2. The van der Waals surface area contributed by atoms with Gasteiger partial charge < -0.3 is 0 Å². The number of hydrazone groups is 1. The van der Waals surface area contributed by atoms with Crippen LogP contribution in [-0.4, -0.2) is 41.5 Å². The molecular formula is C15H15F3N4. The first kappa shape index (κ1) is 13.7. The van der Waals surface area contributed by atoms with E-state index < -0.39 is 12.0 Å². The Morgan fingerprint density at radius 3 is 2.64 bits per heavy atom. The lowest BCUT2D eigenvalue weighted by molar-refractivity contribution is -0.0599. The number of nitrogens with zero attached hydrogens (tertiary/aromatic N) is 4. The molecule has 0 aromatic heterocycles. The molecule has 0 aromatic carbocycles. The van der Waals surface area contributed by atoms with Gasteiger partial charge in [0.25, 0.3) is 5.84 Å². The van der Waals surface area contributed by atoms with E-state index in [1.54, 1.807) is 6.21 Å². The fraction of sp³-hybridized carbons (Fsp3) is 0.533. The molecule has 0 radical (unpaired) electrons. The van der Waals surface area contributed by atoms with Gasteiger partial charge in [-0.1, -0.05) is 12.2 Å². The Morgan fingerprint density at radius 1 is 1.23 bits per heavy atom. The SMILES string of the molecule is FC(F)(F)C1=NN1CC1=CCC=C([C@H]2CC(C3CC3)=N2)N=C1. The molecule has 0 amide bonds. The molecule has 1 saturated carbocycles. The summed E-state index contributed by atoms with van der Waals surface area (Å²) >= 11 is 0. The Kier molecular flexibility index (Phi) is 2.99. The average Bonchev–Trinajstić information content (AvgIpc) is 3.22. The van der Waals surface area contributed by atoms with Crippen molar-refractivity contribution in [3.8, 4) is 0 Å². The Labute approximate surface area is 125 Å². The van der Waals surface area contributed by atoms with Gasteiger partial charge in [-0.2, -0.15) is 13.2 Å². The second-order valence-electron chi connectivity index (χ2n) is 6.00. The molecule has 0 saturated heterocycles. The zero-order valence-electron chi connectivity index (χ0n) is 11.8. The molecule has 1 atom stereocenters. The molecule has 0 spiro atoms. The van der Waals surface area contributed by atoms with Gasteiger partial charge in [0, 0.05) is 18.3 Å². The third-order valence-electron chi connectivity index (χ3n) is 4.21. The van der Waals surface area contributed by atoms with Crippen LogP contribution >= 0.6 is 0 Å². The molecule has 22 heavy (non-hydrogen) atoms. The van der Waals surface area contributed by atoms with Crippen LogP contribution in [0.3, 0.4) is 0 Å². The number of aliphatic imine (C=N–C) groups is 2. The monoisotopic (exact) mass is 308 g/mol. The molecule has 0 unspecified atom stereocenters. The first-order valence-corrected chi connectivity index (χ1v) is 7.44. The van der Waals surface area contributed by atoms with E-state index in [4.69, 9.17) is 0 Å². The summed E-state index contributed by atoms with van der Waals surface area (Å²) in [6, 6.07) is 0.141. The maximum absolute atomic E-state index is 12.4. The number of halogens is 3. The van der Waals surface area contributed by atoms with Crippen molar-refractivity contribution in [2.45, 2.75) is 37.9 Å². The van der Waals surface area contributed by atoms with E-state index in [-0.39, 0.29) is 12.6 Å². The van der Waals surface area contributed by atoms with E-state index in [9.17, 15) is 13.2 Å². The lowest BCUT2D eigenvalue weighted by Gasteiger charge is -2.24. The summed E-state index contributed by atoms with van der Waals surface area (Å²) in [5.74, 6) is -0.0993. The summed E-state index contributed by atoms with van der Waals surface area (Å²) in [5, 5.41) is 4.32. The second-order valence-corrected chi connectivity index (χ2v) is 6.00. The lowest BCUT2D eigenvalue weighted by Crippen LogP contribution is -2.26. The minimum Gasteiger partial charge on any atom is -0.284 e. The van der Waals surface area contributed by atoms with Gasteiger partial charge in [0.15, 0.2) is 0 Å². The molecule has 1 aliphatic carbocycles. The molecule has 3 aliphatic heterocycles. The van der Waals surface area contributed by atoms with Crippen molar-refractivity contribution in [2.75, 3.05) is 6.54 Å². The Morgan fingerprint density at radius 2 is 2.00 bits per heavy atom. The van der Waals surface area contributed by atoms with E-state index in [1.807, 2.05) is 12.2 Å². The molecule has 7 heteroatoms. The van der Waals surface area contributed by atoms with Crippen LogP contribution in [0.5, 0.6) is 0 Å². The van der Waals surface area contributed by atoms with Gasteiger partial charge in [0.05, 0.1) is 18.3 Å². The predicted molar refractivity (Wildman–Crippen MR) is 78.0 cm³/mol. The van der Waals surface area contributed by atoms with Gasteiger partial charge in [0.1, 0.15) is 0 Å². The van der Waals surface area contributed by atoms with E-state index in [2.05, 4.69) is 15.1 Å². The van der Waals surface area contributed by atoms with Gasteiger partial charge in [-0.15, -0.1) is 5.10 Å². The lowest BCUT2D eigenvalue weighted by atomic mass is 9.96. The predicted octanol–water partition coefficient (Wildman–Crippen LogP) is 3.09. The number of alkyl halides is 3. The zero-order chi connectivity index (χ0) is 15.3. The fourth-order valence-corrected chi connectivity index (χ4v) is 2.74. The van der Waals surface area contributed by atoms with E-state index >= 15 is 0 Å². The molecule has 3 heterocycles. The van der Waals surface area contributed by atoms with Crippen LogP contribution in [-0.2, 0) is 0 Å². The molecule has 116 valence electrons. The molecule has 4 aliphatic rings. The smallest absolute Gasteiger partial charge is 0.284 e. The van der Waals surface area contributed by atoms with Crippen LogP contribution in [0.25, 0.3) is 0 Å². The maximum atomic E-state index is 12.4. The third-order valence-corrected chi connectivity index (χ3v) is 4.21. The Balaban J connectivity index is 1.33. The van der Waals surface area contributed by atoms with E-state index in [1.165, 1.54) is 18.6 Å². The molecule has 1 fully saturated rings. The summed E-state index contributed by atoms with van der Waals surface area (Å²) < 4.78 is 37.2. The van der Waals surface area contributed by atoms with Crippen LogP contribution in [0, 0.1) is 5.92 Å². The van der Waals surface area contributed by atoms with Crippen LogP contribution in [0.4, 0.5) is 13.2 Å². The number of amidine groups is 1. The average molecular weight is 308 g/mol. The third kappa shape index (κ3) is 2.71. The highest BCUT2D eigenvalue weighted by atomic mass is 19.4. The molecule has 0 aromatic rings. The van der Waals surface area contributed by atoms with Crippen molar-refractivity contribution in [2.24, 2.45) is 21.0 Å². The minimum atomic E-state index is -4.36. The maximum Gasteiger partial charge on any atom is 0.453 e. The van der Waals surface area contributed by atoms with Crippen molar-refractivity contribution in [3.05, 3.63) is 23.4 Å². The Bertz CT molecular complexity index is 650. The molecule has 4 rings (SSSR count). The summed E-state index contributed by atoms with van der Waals surface area (Å²) in [7, 11) is 0. The van der Waals surface area contributed by atoms with Gasteiger partial charge in [-0.25, -0.2) is 5.01 Å². The highest BCUT2D eigenvalue weighted by Gasteiger charge is 2.48. The number of hydrogen-bond donors (Lipinski definition) is 0. The topological polar surface area (TPSA) is 40.1 Å². The van der Waals surface area contributed by atoms with Crippen LogP contribution < -0.4 is 0 Å². The van der Waals surface area contributed by atoms with Crippen LogP contribution in [0.15, 0.2) is 38.5 Å². The molecular weight excluding hydrogens is 293 g/mol. The van der Waals surface area contributed by atoms with Crippen LogP contribution in [0.2, 0.25) is 0 Å². The minimum absolute atomic E-state index is 0.126. The standard InChI is InChI=1S/C15H15F3N4/c16-15(17,18)14-21-22(14)8-9-2-1-3-11(19-7-9)13-6-12(20-13)10-4-5-10/h2-3,7,10,13H,1,4-6,8H2/t13-,22?/m1/s1. The normalized spacial score (nSPS) is 27.4. The quantitative estimate of drug-likeness (QED) is 0.786. The summed E-state index contributed by atoms with van der Waals surface area (Å²) in [6.07, 6.45) is 5.36. The van der Waals surface area contributed by atoms with Crippen molar-refractivity contribution in [1.29, 1.82) is 0 Å². The van der Waals surface area contributed by atoms with E-state index in [0.29, 0.717) is 12.3 Å². The summed E-state index contributed by atoms with van der Waals surface area (Å²) in [4.78, 5) is 9.03. The van der Waals surface area contributed by atoms with Crippen molar-refractivity contribution >= 4 is 17.8 Å². The van der Waals surface area contributed by atoms with Crippen LogP contribution in [0.1, 0.15) is 25.7 Å². The fourth-order valence-electron chi connectivity index (χ4n) is 2.74. The Hall–Kier alpha value is -1.92. The molecule has 0 bridgehead atoms. The van der Waals surface area contributed by atoms with Crippen molar-refractivity contribution < 1.29 is 13.2 Å². The van der Waals surface area contributed by atoms with Crippen molar-refractivity contribution in [1.82, 2.24) is 5.01 Å². The first-order valence-electron chi connectivity index (χ1n) is 7.44. The largest absolute Gasteiger partial charge is 0.453 e.